The van der Waals surface area contributed by atoms with Crippen LogP contribution in [0.4, 0.5) is 19.0 Å². The summed E-state index contributed by atoms with van der Waals surface area (Å²) in [5.74, 6) is -0.165. The monoisotopic (exact) mass is 280 g/mol. The van der Waals surface area contributed by atoms with Crippen LogP contribution in [0.3, 0.4) is 0 Å². The molecule has 1 aromatic heterocycles. The van der Waals surface area contributed by atoms with Crippen molar-refractivity contribution < 1.29 is 22.7 Å². The minimum atomic E-state index is -4.38. The Hall–Kier alpha value is -1.61. The summed E-state index contributed by atoms with van der Waals surface area (Å²) in [6.07, 6.45) is -2.92. The first-order valence-electron chi connectivity index (χ1n) is 5.49. The zero-order valence-corrected chi connectivity index (χ0v) is 10.3. The number of halogens is 3. The summed E-state index contributed by atoms with van der Waals surface area (Å²) in [6.45, 7) is -1.47. The van der Waals surface area contributed by atoms with Gasteiger partial charge in [-0.15, -0.1) is 0 Å². The van der Waals surface area contributed by atoms with Gasteiger partial charge in [-0.2, -0.15) is 18.3 Å². The normalized spacial score (nSPS) is 11.6. The smallest absolute Gasteiger partial charge is 0.372 e. The van der Waals surface area contributed by atoms with Gasteiger partial charge in [0.25, 0.3) is 0 Å². The van der Waals surface area contributed by atoms with Crippen LogP contribution in [0.2, 0.25) is 0 Å². The molecule has 19 heavy (non-hydrogen) atoms. The number of hydrogen-bond acceptors (Lipinski definition) is 4. The molecule has 108 valence electrons. The van der Waals surface area contributed by atoms with Crippen molar-refractivity contribution in [3.8, 4) is 0 Å². The van der Waals surface area contributed by atoms with Crippen LogP contribution in [0.15, 0.2) is 6.20 Å². The summed E-state index contributed by atoms with van der Waals surface area (Å²) in [4.78, 5) is 11.5. The summed E-state index contributed by atoms with van der Waals surface area (Å²) in [7, 11) is 1.67. The Balaban J connectivity index is 2.35. The number of nitrogens with one attached hydrogen (secondary N) is 1. The Bertz CT molecular complexity index is 431. The van der Waals surface area contributed by atoms with Crippen LogP contribution < -0.4 is 11.1 Å². The summed E-state index contributed by atoms with van der Waals surface area (Å²) in [5.41, 5.74) is 6.10. The molecule has 1 aromatic rings. The predicted molar refractivity (Wildman–Crippen MR) is 61.2 cm³/mol. The summed E-state index contributed by atoms with van der Waals surface area (Å²) >= 11 is 0. The quantitative estimate of drug-likeness (QED) is 0.755. The number of hydrogen-bond donors (Lipinski definition) is 2. The SMILES string of the molecule is Cn1cc(CN)c(NC(=O)CCOCC(F)(F)F)n1. The van der Waals surface area contributed by atoms with E-state index in [4.69, 9.17) is 5.73 Å². The van der Waals surface area contributed by atoms with E-state index in [2.05, 4.69) is 15.2 Å². The molecule has 0 aliphatic heterocycles. The molecule has 0 atom stereocenters. The van der Waals surface area contributed by atoms with Crippen molar-refractivity contribution in [2.75, 3.05) is 18.5 Å². The van der Waals surface area contributed by atoms with Crippen LogP contribution >= 0.6 is 0 Å². The fourth-order valence-corrected chi connectivity index (χ4v) is 1.34. The molecule has 3 N–H and O–H groups in total. The van der Waals surface area contributed by atoms with Gasteiger partial charge < -0.3 is 15.8 Å². The van der Waals surface area contributed by atoms with Crippen LogP contribution in [0.1, 0.15) is 12.0 Å². The van der Waals surface area contributed by atoms with Gasteiger partial charge in [0.2, 0.25) is 5.91 Å². The molecule has 0 aliphatic carbocycles. The van der Waals surface area contributed by atoms with Crippen LogP contribution in [0, 0.1) is 0 Å². The average molecular weight is 280 g/mol. The number of nitrogens with two attached hydrogens (primary N) is 1. The van der Waals surface area contributed by atoms with Crippen molar-refractivity contribution in [3.05, 3.63) is 11.8 Å². The van der Waals surface area contributed by atoms with E-state index < -0.39 is 18.7 Å². The maximum atomic E-state index is 11.8. The molecule has 9 heteroatoms. The number of alkyl halides is 3. The summed E-state index contributed by atoms with van der Waals surface area (Å²) in [5, 5.41) is 6.44. The number of ether oxygens (including phenoxy) is 1. The molecule has 0 saturated carbocycles. The number of aryl methyl sites for hydroxylation is 1. The number of nitrogens with zero attached hydrogens (tertiary/aromatic N) is 2. The molecular formula is C10H15F3N4O2. The Kier molecular flexibility index (Phi) is 5.31. The number of aromatic nitrogens is 2. The lowest BCUT2D eigenvalue weighted by Crippen LogP contribution is -2.20. The molecule has 0 aromatic carbocycles. The van der Waals surface area contributed by atoms with E-state index in [-0.39, 0.29) is 19.6 Å². The lowest BCUT2D eigenvalue weighted by Gasteiger charge is -2.07. The first kappa shape index (κ1) is 15.4. The second-order valence-corrected chi connectivity index (χ2v) is 3.85. The van der Waals surface area contributed by atoms with E-state index in [9.17, 15) is 18.0 Å². The molecule has 0 bridgehead atoms. The molecule has 0 radical (unpaired) electrons. The molecule has 6 nitrogen and oxygen atoms in total. The Morgan fingerprint density at radius 2 is 2.26 bits per heavy atom. The standard InChI is InChI=1S/C10H15F3N4O2/c1-17-5-7(4-14)9(16-17)15-8(18)2-3-19-6-10(11,12)13/h5H,2-4,6,14H2,1H3,(H,15,16,18). The van der Waals surface area contributed by atoms with Crippen LogP contribution in [0.5, 0.6) is 0 Å². The van der Waals surface area contributed by atoms with Gasteiger partial charge in [-0.3, -0.25) is 9.48 Å². The highest BCUT2D eigenvalue weighted by Crippen LogP contribution is 2.15. The Labute approximate surface area is 107 Å². The highest BCUT2D eigenvalue weighted by atomic mass is 19.4. The minimum Gasteiger partial charge on any atom is -0.372 e. The summed E-state index contributed by atoms with van der Waals surface area (Å²) < 4.78 is 41.1. The third-order valence-corrected chi connectivity index (χ3v) is 2.12. The Morgan fingerprint density at radius 3 is 2.84 bits per heavy atom. The lowest BCUT2D eigenvalue weighted by atomic mass is 10.3. The number of anilines is 1. The molecule has 1 amide bonds. The van der Waals surface area contributed by atoms with Gasteiger partial charge in [-0.1, -0.05) is 0 Å². The van der Waals surface area contributed by atoms with Gasteiger partial charge in [0, 0.05) is 25.4 Å². The first-order valence-corrected chi connectivity index (χ1v) is 5.49. The van der Waals surface area contributed by atoms with Gasteiger partial charge in [-0.05, 0) is 0 Å². The molecule has 1 heterocycles. The lowest BCUT2D eigenvalue weighted by molar-refractivity contribution is -0.174. The van der Waals surface area contributed by atoms with E-state index in [0.29, 0.717) is 11.4 Å². The molecule has 1 rings (SSSR count). The van der Waals surface area contributed by atoms with E-state index in [1.165, 1.54) is 4.68 Å². The predicted octanol–water partition coefficient (Wildman–Crippen LogP) is 0.786. The number of amides is 1. The molecule has 0 saturated heterocycles. The van der Waals surface area contributed by atoms with Gasteiger partial charge in [0.1, 0.15) is 6.61 Å². The maximum absolute atomic E-state index is 11.8. The maximum Gasteiger partial charge on any atom is 0.411 e. The van der Waals surface area contributed by atoms with Crippen molar-refractivity contribution in [1.82, 2.24) is 9.78 Å². The minimum absolute atomic E-state index is 0.184. The van der Waals surface area contributed by atoms with E-state index in [1.807, 2.05) is 0 Å². The fourth-order valence-electron chi connectivity index (χ4n) is 1.34. The van der Waals surface area contributed by atoms with Crippen molar-refractivity contribution in [2.24, 2.45) is 12.8 Å². The number of carbonyl (C=O) groups excluding carboxylic acids is 1. The van der Waals surface area contributed by atoms with E-state index >= 15 is 0 Å². The number of rotatable bonds is 6. The first-order chi connectivity index (χ1) is 8.81. The van der Waals surface area contributed by atoms with Crippen molar-refractivity contribution in [2.45, 2.75) is 19.1 Å². The highest BCUT2D eigenvalue weighted by molar-refractivity contribution is 5.90. The second kappa shape index (κ2) is 6.53. The molecule has 0 fully saturated rings. The molecule has 0 aliphatic rings. The van der Waals surface area contributed by atoms with Crippen LogP contribution in [0.25, 0.3) is 0 Å². The zero-order chi connectivity index (χ0) is 14.5. The molecular weight excluding hydrogens is 265 g/mol. The molecule has 0 unspecified atom stereocenters. The second-order valence-electron chi connectivity index (χ2n) is 3.85. The molecule has 0 spiro atoms. The third-order valence-electron chi connectivity index (χ3n) is 2.12. The average Bonchev–Trinajstić information content (AvgIpc) is 2.63. The van der Waals surface area contributed by atoms with E-state index in [1.54, 1.807) is 13.2 Å². The highest BCUT2D eigenvalue weighted by Gasteiger charge is 2.27. The zero-order valence-electron chi connectivity index (χ0n) is 10.3. The van der Waals surface area contributed by atoms with Gasteiger partial charge >= 0.3 is 6.18 Å². The Morgan fingerprint density at radius 1 is 1.58 bits per heavy atom. The summed E-state index contributed by atoms with van der Waals surface area (Å²) in [6, 6.07) is 0. The fraction of sp³-hybridized carbons (Fsp3) is 0.600. The van der Waals surface area contributed by atoms with Gasteiger partial charge in [-0.25, -0.2) is 0 Å². The topological polar surface area (TPSA) is 82.2 Å². The van der Waals surface area contributed by atoms with Crippen molar-refractivity contribution in [3.63, 3.8) is 0 Å². The van der Waals surface area contributed by atoms with Gasteiger partial charge in [0.05, 0.1) is 13.0 Å². The van der Waals surface area contributed by atoms with Crippen molar-refractivity contribution in [1.29, 1.82) is 0 Å². The third kappa shape index (κ3) is 5.71. The van der Waals surface area contributed by atoms with E-state index in [0.717, 1.165) is 0 Å². The van der Waals surface area contributed by atoms with Crippen molar-refractivity contribution >= 4 is 11.7 Å². The van der Waals surface area contributed by atoms with Crippen LogP contribution in [-0.2, 0) is 23.1 Å². The van der Waals surface area contributed by atoms with Crippen LogP contribution in [-0.4, -0.2) is 35.1 Å². The number of carbonyl (C=O) groups is 1. The van der Waals surface area contributed by atoms with Gasteiger partial charge in [0.15, 0.2) is 5.82 Å². The largest absolute Gasteiger partial charge is 0.411 e.